The molecule has 4 heteroatoms. The van der Waals surface area contributed by atoms with Crippen molar-refractivity contribution in [2.24, 2.45) is 0 Å². The number of anilines is 1. The summed E-state index contributed by atoms with van der Waals surface area (Å²) in [5, 5.41) is 3.44. The van der Waals surface area contributed by atoms with Crippen molar-refractivity contribution >= 4 is 33.0 Å². The van der Waals surface area contributed by atoms with Gasteiger partial charge in [0.2, 0.25) is 0 Å². The van der Waals surface area contributed by atoms with Gasteiger partial charge in [0.15, 0.2) is 0 Å². The van der Waals surface area contributed by atoms with Crippen LogP contribution < -0.4 is 10.1 Å². The van der Waals surface area contributed by atoms with E-state index in [-0.39, 0.29) is 0 Å². The summed E-state index contributed by atoms with van der Waals surface area (Å²) < 4.78 is 7.08. The van der Waals surface area contributed by atoms with Crippen LogP contribution in [0, 0.1) is 0 Å². The third-order valence-corrected chi connectivity index (χ3v) is 4.63. The summed E-state index contributed by atoms with van der Waals surface area (Å²) in [5.41, 5.74) is 2.55. The standard InChI is InChI=1S/C14H14BrNOS/c15-13-7-6-11(18-13)9-17-12-5-1-3-10-4-2-8-16-14(10)12/h1,3,5-7,16H,2,4,8-9H2. The average Bonchev–Trinajstić information content (AvgIpc) is 2.82. The molecule has 1 aliphatic rings. The van der Waals surface area contributed by atoms with Crippen LogP contribution >= 0.6 is 27.3 Å². The monoisotopic (exact) mass is 323 g/mol. The predicted molar refractivity (Wildman–Crippen MR) is 79.6 cm³/mol. The first kappa shape index (κ1) is 12.1. The molecule has 1 aliphatic heterocycles. The molecule has 0 bridgehead atoms. The molecule has 0 spiro atoms. The quantitative estimate of drug-likeness (QED) is 0.901. The number of benzene rings is 1. The third kappa shape index (κ3) is 2.54. The highest BCUT2D eigenvalue weighted by atomic mass is 79.9. The molecule has 0 unspecified atom stereocenters. The van der Waals surface area contributed by atoms with Crippen molar-refractivity contribution in [2.75, 3.05) is 11.9 Å². The Balaban J connectivity index is 1.76. The summed E-state index contributed by atoms with van der Waals surface area (Å²) in [7, 11) is 0. The Morgan fingerprint density at radius 2 is 2.22 bits per heavy atom. The van der Waals surface area contributed by atoms with Gasteiger partial charge in [0.25, 0.3) is 0 Å². The van der Waals surface area contributed by atoms with E-state index in [2.05, 4.69) is 45.5 Å². The van der Waals surface area contributed by atoms with Crippen molar-refractivity contribution in [3.05, 3.63) is 44.6 Å². The van der Waals surface area contributed by atoms with Crippen molar-refractivity contribution in [3.63, 3.8) is 0 Å². The van der Waals surface area contributed by atoms with Gasteiger partial charge in [0.1, 0.15) is 12.4 Å². The second-order valence-corrected chi connectivity index (χ2v) is 6.86. The normalized spacial score (nSPS) is 13.8. The molecule has 2 aromatic rings. The van der Waals surface area contributed by atoms with Crippen LogP contribution in [-0.2, 0) is 13.0 Å². The summed E-state index contributed by atoms with van der Waals surface area (Å²) >= 11 is 5.18. The first-order valence-electron chi connectivity index (χ1n) is 6.06. The number of fused-ring (bicyclic) bond motifs is 1. The van der Waals surface area contributed by atoms with Gasteiger partial charge in [-0.1, -0.05) is 12.1 Å². The minimum absolute atomic E-state index is 0.633. The first-order valence-corrected chi connectivity index (χ1v) is 7.66. The van der Waals surface area contributed by atoms with E-state index in [1.54, 1.807) is 11.3 Å². The maximum Gasteiger partial charge on any atom is 0.143 e. The topological polar surface area (TPSA) is 21.3 Å². The van der Waals surface area contributed by atoms with Crippen LogP contribution in [0.5, 0.6) is 5.75 Å². The van der Waals surface area contributed by atoms with E-state index in [1.807, 2.05) is 6.07 Å². The Morgan fingerprint density at radius 3 is 3.06 bits per heavy atom. The van der Waals surface area contributed by atoms with Crippen LogP contribution in [0.3, 0.4) is 0 Å². The highest BCUT2D eigenvalue weighted by molar-refractivity contribution is 9.11. The fourth-order valence-corrected chi connectivity index (χ4v) is 3.57. The number of aryl methyl sites for hydroxylation is 1. The van der Waals surface area contributed by atoms with Crippen LogP contribution in [0.2, 0.25) is 0 Å². The molecular weight excluding hydrogens is 310 g/mol. The Hall–Kier alpha value is -1.00. The Labute approximate surface area is 119 Å². The number of rotatable bonds is 3. The lowest BCUT2D eigenvalue weighted by molar-refractivity contribution is 0.310. The number of hydrogen-bond acceptors (Lipinski definition) is 3. The van der Waals surface area contributed by atoms with E-state index in [9.17, 15) is 0 Å². The first-order chi connectivity index (χ1) is 8.83. The lowest BCUT2D eigenvalue weighted by Crippen LogP contribution is -2.12. The van der Waals surface area contributed by atoms with E-state index >= 15 is 0 Å². The van der Waals surface area contributed by atoms with Gasteiger partial charge in [-0.05, 0) is 52.5 Å². The van der Waals surface area contributed by atoms with Gasteiger partial charge in [-0.2, -0.15) is 0 Å². The van der Waals surface area contributed by atoms with Crippen LogP contribution in [0.15, 0.2) is 34.1 Å². The van der Waals surface area contributed by atoms with Crippen LogP contribution in [0.25, 0.3) is 0 Å². The molecule has 3 rings (SSSR count). The number of ether oxygens (including phenoxy) is 1. The molecule has 2 nitrogen and oxygen atoms in total. The van der Waals surface area contributed by atoms with Crippen molar-refractivity contribution in [3.8, 4) is 5.75 Å². The average molecular weight is 324 g/mol. The predicted octanol–water partition coefficient (Wildman–Crippen LogP) is 4.45. The molecule has 0 amide bonds. The van der Waals surface area contributed by atoms with Gasteiger partial charge in [0.05, 0.1) is 9.47 Å². The Bertz CT molecular complexity index is 552. The van der Waals surface area contributed by atoms with E-state index in [0.29, 0.717) is 6.61 Å². The van der Waals surface area contributed by atoms with Crippen LogP contribution in [-0.4, -0.2) is 6.54 Å². The summed E-state index contributed by atoms with van der Waals surface area (Å²) in [6, 6.07) is 10.4. The third-order valence-electron chi connectivity index (χ3n) is 3.04. The number of halogens is 1. The lowest BCUT2D eigenvalue weighted by Gasteiger charge is -2.21. The van der Waals surface area contributed by atoms with Gasteiger partial charge < -0.3 is 10.1 Å². The highest BCUT2D eigenvalue weighted by Crippen LogP contribution is 2.33. The molecule has 94 valence electrons. The van der Waals surface area contributed by atoms with Crippen LogP contribution in [0.4, 0.5) is 5.69 Å². The number of para-hydroxylation sites is 1. The summed E-state index contributed by atoms with van der Waals surface area (Å²) in [5.74, 6) is 0.969. The minimum atomic E-state index is 0.633. The second-order valence-electron chi connectivity index (χ2n) is 4.32. The number of thiophene rings is 1. The van der Waals surface area contributed by atoms with Gasteiger partial charge >= 0.3 is 0 Å². The van der Waals surface area contributed by atoms with E-state index in [4.69, 9.17) is 4.74 Å². The molecule has 0 saturated carbocycles. The largest absolute Gasteiger partial charge is 0.486 e. The van der Waals surface area contributed by atoms with Crippen molar-refractivity contribution in [2.45, 2.75) is 19.4 Å². The molecule has 0 saturated heterocycles. The van der Waals surface area contributed by atoms with Crippen molar-refractivity contribution in [1.82, 2.24) is 0 Å². The summed E-state index contributed by atoms with van der Waals surface area (Å²) in [4.78, 5) is 1.23. The molecule has 0 radical (unpaired) electrons. The Kier molecular flexibility index (Phi) is 3.57. The van der Waals surface area contributed by atoms with Gasteiger partial charge in [-0.25, -0.2) is 0 Å². The molecule has 2 heterocycles. The maximum absolute atomic E-state index is 5.93. The minimum Gasteiger partial charge on any atom is -0.486 e. The van der Waals surface area contributed by atoms with E-state index in [1.165, 1.54) is 22.5 Å². The number of hydrogen-bond donors (Lipinski definition) is 1. The van der Waals surface area contributed by atoms with Crippen LogP contribution in [0.1, 0.15) is 16.9 Å². The zero-order valence-corrected chi connectivity index (χ0v) is 12.3. The zero-order valence-electron chi connectivity index (χ0n) is 9.91. The molecule has 0 atom stereocenters. The van der Waals surface area contributed by atoms with Gasteiger partial charge in [-0.15, -0.1) is 11.3 Å². The molecule has 18 heavy (non-hydrogen) atoms. The molecule has 1 aromatic carbocycles. The molecule has 0 aliphatic carbocycles. The fourth-order valence-electron chi connectivity index (χ4n) is 2.18. The smallest absolute Gasteiger partial charge is 0.143 e. The van der Waals surface area contributed by atoms with E-state index in [0.717, 1.165) is 22.5 Å². The fraction of sp³-hybridized carbons (Fsp3) is 0.286. The molecule has 1 aromatic heterocycles. The highest BCUT2D eigenvalue weighted by Gasteiger charge is 2.13. The number of nitrogens with one attached hydrogen (secondary N) is 1. The van der Waals surface area contributed by atoms with Gasteiger partial charge in [-0.3, -0.25) is 0 Å². The lowest BCUT2D eigenvalue weighted by atomic mass is 10.0. The van der Waals surface area contributed by atoms with E-state index < -0.39 is 0 Å². The van der Waals surface area contributed by atoms with Crippen molar-refractivity contribution < 1.29 is 4.74 Å². The second kappa shape index (κ2) is 5.33. The SMILES string of the molecule is Brc1ccc(COc2cccc3c2NCCC3)s1. The molecule has 1 N–H and O–H groups in total. The van der Waals surface area contributed by atoms with Gasteiger partial charge in [0, 0.05) is 11.4 Å². The zero-order chi connectivity index (χ0) is 12.4. The molecular formula is C14H14BrNOS. The Morgan fingerprint density at radius 1 is 1.28 bits per heavy atom. The van der Waals surface area contributed by atoms with Crippen molar-refractivity contribution in [1.29, 1.82) is 0 Å². The molecule has 0 fully saturated rings. The maximum atomic E-state index is 5.93. The summed E-state index contributed by atoms with van der Waals surface area (Å²) in [6.07, 6.45) is 2.35. The summed E-state index contributed by atoms with van der Waals surface area (Å²) in [6.45, 7) is 1.67.